The van der Waals surface area contributed by atoms with Crippen molar-refractivity contribution in [2.75, 3.05) is 13.2 Å². The highest BCUT2D eigenvalue weighted by Crippen LogP contribution is 2.07. The lowest BCUT2D eigenvalue weighted by Gasteiger charge is -2.04. The lowest BCUT2D eigenvalue weighted by atomic mass is 10.1. The van der Waals surface area contributed by atoms with E-state index in [1.807, 2.05) is 0 Å². The van der Waals surface area contributed by atoms with Gasteiger partial charge in [0.15, 0.2) is 0 Å². The quantitative estimate of drug-likeness (QED) is 0.403. The van der Waals surface area contributed by atoms with Gasteiger partial charge in [0.2, 0.25) is 0 Å². The molecule has 0 aromatic rings. The predicted molar refractivity (Wildman–Crippen MR) is 74.5 cm³/mol. The van der Waals surface area contributed by atoms with Crippen molar-refractivity contribution >= 4 is 5.97 Å². The van der Waals surface area contributed by atoms with Crippen LogP contribution in [0.3, 0.4) is 0 Å². The third-order valence-corrected chi connectivity index (χ3v) is 3.05. The zero-order chi connectivity index (χ0) is 13.5. The van der Waals surface area contributed by atoms with Gasteiger partial charge in [-0.05, 0) is 19.3 Å². The molecule has 1 N–H and O–H groups in total. The van der Waals surface area contributed by atoms with Crippen LogP contribution in [0.4, 0.5) is 0 Å². The van der Waals surface area contributed by atoms with Crippen molar-refractivity contribution in [3.05, 3.63) is 0 Å². The second-order valence-electron chi connectivity index (χ2n) is 4.88. The van der Waals surface area contributed by atoms with Gasteiger partial charge in [-0.25, -0.2) is 0 Å². The summed E-state index contributed by atoms with van der Waals surface area (Å²) in [6, 6.07) is 0. The van der Waals surface area contributed by atoms with Gasteiger partial charge in [0, 0.05) is 13.0 Å². The predicted octanol–water partition coefficient (Wildman–Crippen LogP) is 3.83. The summed E-state index contributed by atoms with van der Waals surface area (Å²) in [5.41, 5.74) is 0. The molecule has 3 nitrogen and oxygen atoms in total. The topological polar surface area (TPSA) is 46.5 Å². The first-order valence-electron chi connectivity index (χ1n) is 7.57. The Hall–Kier alpha value is -0.570. The van der Waals surface area contributed by atoms with Crippen molar-refractivity contribution in [1.82, 2.24) is 0 Å². The molecule has 0 saturated carbocycles. The lowest BCUT2D eigenvalue weighted by Crippen LogP contribution is -2.05. The fourth-order valence-electron chi connectivity index (χ4n) is 1.88. The molecule has 0 bridgehead atoms. The molecular formula is C15H30O3. The maximum atomic E-state index is 11.4. The zero-order valence-electron chi connectivity index (χ0n) is 12.0. The molecule has 0 atom stereocenters. The van der Waals surface area contributed by atoms with E-state index < -0.39 is 0 Å². The second-order valence-corrected chi connectivity index (χ2v) is 4.88. The molecule has 0 fully saturated rings. The molecule has 0 radical (unpaired) electrons. The highest BCUT2D eigenvalue weighted by molar-refractivity contribution is 5.69. The molecule has 0 rings (SSSR count). The molecule has 0 amide bonds. The summed E-state index contributed by atoms with van der Waals surface area (Å²) in [7, 11) is 0. The van der Waals surface area contributed by atoms with Crippen molar-refractivity contribution in [2.45, 2.75) is 77.6 Å². The van der Waals surface area contributed by atoms with E-state index in [4.69, 9.17) is 9.84 Å². The molecule has 0 aromatic heterocycles. The number of carbonyl (C=O) groups is 1. The number of hydrogen-bond donors (Lipinski definition) is 1. The van der Waals surface area contributed by atoms with Gasteiger partial charge in [-0.1, -0.05) is 51.9 Å². The Morgan fingerprint density at radius 3 is 2.22 bits per heavy atom. The number of unbranched alkanes of at least 4 members (excludes halogenated alkanes) is 8. The largest absolute Gasteiger partial charge is 0.466 e. The molecule has 0 heterocycles. The Balaban J connectivity index is 3.12. The smallest absolute Gasteiger partial charge is 0.305 e. The summed E-state index contributed by atoms with van der Waals surface area (Å²) < 4.78 is 5.17. The second kappa shape index (κ2) is 14.5. The standard InChI is InChI=1S/C15H30O3/c1-2-3-4-6-9-12-15(17)18-14-11-8-5-7-10-13-16/h16H,2-14H2,1H3. The molecule has 0 aliphatic carbocycles. The number of aliphatic hydroxyl groups excluding tert-OH is 1. The van der Waals surface area contributed by atoms with E-state index in [1.54, 1.807) is 0 Å². The number of hydrogen-bond acceptors (Lipinski definition) is 3. The van der Waals surface area contributed by atoms with Gasteiger partial charge in [-0.2, -0.15) is 0 Å². The molecule has 0 saturated heterocycles. The van der Waals surface area contributed by atoms with Crippen LogP contribution in [-0.4, -0.2) is 24.3 Å². The normalized spacial score (nSPS) is 10.6. The Bertz CT molecular complexity index is 181. The third-order valence-electron chi connectivity index (χ3n) is 3.05. The summed E-state index contributed by atoms with van der Waals surface area (Å²) in [4.78, 5) is 11.4. The van der Waals surface area contributed by atoms with E-state index >= 15 is 0 Å². The van der Waals surface area contributed by atoms with Gasteiger partial charge in [0.25, 0.3) is 0 Å². The van der Waals surface area contributed by atoms with E-state index in [9.17, 15) is 4.79 Å². The van der Waals surface area contributed by atoms with Crippen LogP contribution in [0.1, 0.15) is 77.6 Å². The first kappa shape index (κ1) is 17.4. The van der Waals surface area contributed by atoms with E-state index in [-0.39, 0.29) is 12.6 Å². The van der Waals surface area contributed by atoms with Crippen molar-refractivity contribution in [3.63, 3.8) is 0 Å². The van der Waals surface area contributed by atoms with Crippen LogP contribution in [0.25, 0.3) is 0 Å². The van der Waals surface area contributed by atoms with Crippen LogP contribution in [-0.2, 0) is 9.53 Å². The van der Waals surface area contributed by atoms with Crippen LogP contribution >= 0.6 is 0 Å². The SMILES string of the molecule is CCCCCCCC(=O)OCCCCCCCO. The van der Waals surface area contributed by atoms with Gasteiger partial charge in [-0.3, -0.25) is 4.79 Å². The number of rotatable bonds is 13. The van der Waals surface area contributed by atoms with Crippen molar-refractivity contribution in [2.24, 2.45) is 0 Å². The maximum Gasteiger partial charge on any atom is 0.305 e. The molecule has 0 unspecified atom stereocenters. The maximum absolute atomic E-state index is 11.4. The van der Waals surface area contributed by atoms with Gasteiger partial charge in [0.05, 0.1) is 6.61 Å². The van der Waals surface area contributed by atoms with Gasteiger partial charge >= 0.3 is 5.97 Å². The molecule has 0 aliphatic rings. The molecule has 18 heavy (non-hydrogen) atoms. The van der Waals surface area contributed by atoms with Crippen LogP contribution in [0.2, 0.25) is 0 Å². The van der Waals surface area contributed by atoms with Crippen LogP contribution in [0.15, 0.2) is 0 Å². The van der Waals surface area contributed by atoms with Crippen molar-refractivity contribution in [1.29, 1.82) is 0 Å². The summed E-state index contributed by atoms with van der Waals surface area (Å²) in [6.07, 6.45) is 11.5. The fraction of sp³-hybridized carbons (Fsp3) is 0.933. The van der Waals surface area contributed by atoms with Crippen LogP contribution < -0.4 is 0 Å². The van der Waals surface area contributed by atoms with Gasteiger partial charge in [-0.15, -0.1) is 0 Å². The molecule has 0 spiro atoms. The molecule has 108 valence electrons. The van der Waals surface area contributed by atoms with Crippen molar-refractivity contribution in [3.8, 4) is 0 Å². The Morgan fingerprint density at radius 1 is 0.889 bits per heavy atom. The first-order valence-corrected chi connectivity index (χ1v) is 7.57. The summed E-state index contributed by atoms with van der Waals surface area (Å²) in [5.74, 6) is -0.0399. The first-order chi connectivity index (χ1) is 8.81. The summed E-state index contributed by atoms with van der Waals surface area (Å²) in [5, 5.41) is 8.61. The Morgan fingerprint density at radius 2 is 1.50 bits per heavy atom. The van der Waals surface area contributed by atoms with Crippen LogP contribution in [0.5, 0.6) is 0 Å². The molecule has 0 aromatic carbocycles. The third kappa shape index (κ3) is 13.5. The van der Waals surface area contributed by atoms with E-state index in [1.165, 1.54) is 19.3 Å². The number of ether oxygens (including phenoxy) is 1. The Labute approximate surface area is 112 Å². The van der Waals surface area contributed by atoms with Gasteiger partial charge < -0.3 is 9.84 Å². The van der Waals surface area contributed by atoms with E-state index in [0.29, 0.717) is 13.0 Å². The van der Waals surface area contributed by atoms with E-state index in [2.05, 4.69) is 6.92 Å². The molecule has 3 heteroatoms. The highest BCUT2D eigenvalue weighted by atomic mass is 16.5. The monoisotopic (exact) mass is 258 g/mol. The van der Waals surface area contributed by atoms with Gasteiger partial charge in [0.1, 0.15) is 0 Å². The molecular weight excluding hydrogens is 228 g/mol. The summed E-state index contributed by atoms with van der Waals surface area (Å²) >= 11 is 0. The highest BCUT2D eigenvalue weighted by Gasteiger charge is 2.01. The minimum absolute atomic E-state index is 0.0399. The Kier molecular flexibility index (Phi) is 14.0. The number of carbonyl (C=O) groups excluding carboxylic acids is 1. The number of aliphatic hydroxyl groups is 1. The lowest BCUT2D eigenvalue weighted by molar-refractivity contribution is -0.143. The van der Waals surface area contributed by atoms with Crippen LogP contribution in [0, 0.1) is 0 Å². The average molecular weight is 258 g/mol. The fourth-order valence-corrected chi connectivity index (χ4v) is 1.88. The summed E-state index contributed by atoms with van der Waals surface area (Å²) in [6.45, 7) is 3.04. The average Bonchev–Trinajstić information content (AvgIpc) is 2.37. The minimum Gasteiger partial charge on any atom is -0.466 e. The van der Waals surface area contributed by atoms with E-state index in [0.717, 1.165) is 44.9 Å². The van der Waals surface area contributed by atoms with Crippen molar-refractivity contribution < 1.29 is 14.6 Å². The zero-order valence-corrected chi connectivity index (χ0v) is 12.0. The minimum atomic E-state index is -0.0399. The molecule has 0 aliphatic heterocycles. The number of esters is 1.